The Morgan fingerprint density at radius 3 is 1.38 bits per heavy atom. The van der Waals surface area contributed by atoms with Crippen molar-refractivity contribution in [1.82, 2.24) is 4.90 Å². The monoisotopic (exact) mass is 794 g/mol. The molecule has 2 saturated heterocycles. The minimum absolute atomic E-state index is 0.132. The molecule has 0 saturated carbocycles. The first-order chi connectivity index (χ1) is 26.5. The SMILES string of the molecule is CCCCCCCCCCCCCC(C)C(CCCCCCCCCCCCC)(C(=O)O)C(C(=O)O)(C(=O)O)C(=O)OC1CC(C)(C)N(CC2CO2)C(C)(C)C1. The highest BCUT2D eigenvalue weighted by Crippen LogP contribution is 2.53. The number of epoxide rings is 1. The first kappa shape index (κ1) is 49.9. The van der Waals surface area contributed by atoms with Gasteiger partial charge in [-0.15, -0.1) is 0 Å². The van der Waals surface area contributed by atoms with Crippen molar-refractivity contribution in [2.24, 2.45) is 16.7 Å². The van der Waals surface area contributed by atoms with Crippen molar-refractivity contribution in [2.45, 2.75) is 239 Å². The van der Waals surface area contributed by atoms with E-state index in [1.54, 1.807) is 6.92 Å². The molecule has 2 aliphatic rings. The molecule has 0 radical (unpaired) electrons. The van der Waals surface area contributed by atoms with Crippen LogP contribution in [0.25, 0.3) is 0 Å². The largest absolute Gasteiger partial charge is 0.481 e. The third-order valence-corrected chi connectivity index (χ3v) is 13.2. The Hall–Kier alpha value is -2.20. The van der Waals surface area contributed by atoms with E-state index in [2.05, 4.69) is 18.7 Å². The third-order valence-electron chi connectivity index (χ3n) is 13.2. The number of hydrogen-bond acceptors (Lipinski definition) is 7. The fourth-order valence-corrected chi connectivity index (χ4v) is 9.96. The van der Waals surface area contributed by atoms with Crippen LogP contribution in [-0.4, -0.2) is 80.5 Å². The van der Waals surface area contributed by atoms with Crippen LogP contribution in [0.1, 0.15) is 215 Å². The average molecular weight is 794 g/mol. The van der Waals surface area contributed by atoms with Crippen molar-refractivity contribution in [3.05, 3.63) is 0 Å². The van der Waals surface area contributed by atoms with Gasteiger partial charge in [-0.2, -0.15) is 0 Å². The van der Waals surface area contributed by atoms with E-state index in [1.165, 1.54) is 70.6 Å². The van der Waals surface area contributed by atoms with Crippen LogP contribution in [0.15, 0.2) is 0 Å². The third kappa shape index (κ3) is 14.3. The van der Waals surface area contributed by atoms with E-state index in [-0.39, 0.29) is 12.5 Å². The van der Waals surface area contributed by atoms with Gasteiger partial charge in [-0.1, -0.05) is 162 Å². The molecule has 10 nitrogen and oxygen atoms in total. The van der Waals surface area contributed by atoms with E-state index in [9.17, 15) is 34.5 Å². The van der Waals surface area contributed by atoms with E-state index in [0.29, 0.717) is 51.7 Å². The number of hydrogen-bond donors (Lipinski definition) is 3. The lowest BCUT2D eigenvalue weighted by atomic mass is 9.54. The first-order valence-corrected chi connectivity index (χ1v) is 22.8. The summed E-state index contributed by atoms with van der Waals surface area (Å²) < 4.78 is 11.5. The molecule has 0 bridgehead atoms. The molecular weight excluding hydrogens is 711 g/mol. The molecule has 326 valence electrons. The van der Waals surface area contributed by atoms with E-state index in [0.717, 1.165) is 51.4 Å². The van der Waals surface area contributed by atoms with E-state index < -0.39 is 57.8 Å². The number of ether oxygens (including phenoxy) is 2. The molecule has 56 heavy (non-hydrogen) atoms. The molecule has 0 aromatic rings. The summed E-state index contributed by atoms with van der Waals surface area (Å²) in [4.78, 5) is 57.7. The Labute approximate surface area is 340 Å². The molecule has 0 amide bonds. The Kier molecular flexibility index (Phi) is 22.0. The second kappa shape index (κ2) is 24.7. The molecule has 0 aliphatic carbocycles. The van der Waals surface area contributed by atoms with Crippen LogP contribution in [0.4, 0.5) is 0 Å². The van der Waals surface area contributed by atoms with Gasteiger partial charge < -0.3 is 24.8 Å². The predicted molar refractivity (Wildman–Crippen MR) is 223 cm³/mol. The minimum atomic E-state index is -3.32. The lowest BCUT2D eigenvalue weighted by Gasteiger charge is -2.55. The van der Waals surface area contributed by atoms with Crippen LogP contribution >= 0.6 is 0 Å². The van der Waals surface area contributed by atoms with Gasteiger partial charge in [0.25, 0.3) is 5.41 Å². The number of likely N-dealkylation sites (tertiary alicyclic amines) is 1. The molecule has 2 rings (SSSR count). The normalized spacial score (nSPS) is 19.9. The number of rotatable bonds is 33. The Bertz CT molecular complexity index is 1150. The topological polar surface area (TPSA) is 154 Å². The Morgan fingerprint density at radius 1 is 0.643 bits per heavy atom. The maximum absolute atomic E-state index is 14.5. The molecule has 2 fully saturated rings. The highest BCUT2D eigenvalue weighted by atomic mass is 16.6. The Morgan fingerprint density at radius 2 is 1.02 bits per heavy atom. The molecule has 0 aromatic heterocycles. The van der Waals surface area contributed by atoms with Crippen LogP contribution in [-0.2, 0) is 28.7 Å². The zero-order chi connectivity index (χ0) is 41.8. The van der Waals surface area contributed by atoms with Gasteiger partial charge in [0.1, 0.15) is 11.5 Å². The molecule has 3 unspecified atom stereocenters. The molecule has 2 aliphatic heterocycles. The highest BCUT2D eigenvalue weighted by molar-refractivity contribution is 6.20. The number of aliphatic carboxylic acids is 3. The summed E-state index contributed by atoms with van der Waals surface area (Å²) in [5.74, 6) is -7.86. The molecule has 10 heteroatoms. The van der Waals surface area contributed by atoms with Gasteiger partial charge in [0.15, 0.2) is 0 Å². The van der Waals surface area contributed by atoms with E-state index >= 15 is 0 Å². The zero-order valence-corrected chi connectivity index (χ0v) is 36.8. The fraction of sp³-hybridized carbons (Fsp3) is 0.913. The van der Waals surface area contributed by atoms with Gasteiger partial charge in [0, 0.05) is 30.5 Å². The number of piperidine rings is 1. The van der Waals surface area contributed by atoms with E-state index in [4.69, 9.17) is 9.47 Å². The number of carbonyl (C=O) groups is 4. The quantitative estimate of drug-likeness (QED) is 0.0253. The van der Waals surface area contributed by atoms with Crippen LogP contribution in [0.5, 0.6) is 0 Å². The first-order valence-electron chi connectivity index (χ1n) is 22.8. The lowest BCUT2D eigenvalue weighted by molar-refractivity contribution is -0.209. The zero-order valence-electron chi connectivity index (χ0n) is 36.8. The number of carbonyl (C=O) groups excluding carboxylic acids is 1. The molecule has 0 aromatic carbocycles. The maximum Gasteiger partial charge on any atom is 0.336 e. The molecule has 3 atom stereocenters. The van der Waals surface area contributed by atoms with Crippen molar-refractivity contribution in [2.75, 3.05) is 13.2 Å². The van der Waals surface area contributed by atoms with Crippen molar-refractivity contribution < 1.29 is 44.0 Å². The summed E-state index contributed by atoms with van der Waals surface area (Å²) in [5, 5.41) is 33.1. The predicted octanol–water partition coefficient (Wildman–Crippen LogP) is 11.2. The summed E-state index contributed by atoms with van der Waals surface area (Å²) in [6.07, 6.45) is 23.4. The Balaban J connectivity index is 2.29. The highest BCUT2D eigenvalue weighted by Gasteiger charge is 2.74. The molecular formula is C46H83NO9. The van der Waals surface area contributed by atoms with Crippen LogP contribution in [0.2, 0.25) is 0 Å². The van der Waals surface area contributed by atoms with Crippen molar-refractivity contribution in [3.8, 4) is 0 Å². The summed E-state index contributed by atoms with van der Waals surface area (Å²) in [6, 6.07) is 0. The number of nitrogens with zero attached hydrogens (tertiary/aromatic N) is 1. The summed E-state index contributed by atoms with van der Waals surface area (Å²) in [7, 11) is 0. The van der Waals surface area contributed by atoms with Gasteiger partial charge in [-0.3, -0.25) is 24.1 Å². The molecule has 0 spiro atoms. The van der Waals surface area contributed by atoms with Gasteiger partial charge in [0.2, 0.25) is 0 Å². The van der Waals surface area contributed by atoms with Gasteiger partial charge in [0.05, 0.1) is 12.7 Å². The second-order valence-electron chi connectivity index (χ2n) is 18.8. The lowest BCUT2D eigenvalue weighted by Crippen LogP contribution is -2.66. The van der Waals surface area contributed by atoms with Crippen molar-refractivity contribution in [1.29, 1.82) is 0 Å². The van der Waals surface area contributed by atoms with Crippen LogP contribution in [0, 0.1) is 16.7 Å². The number of carboxylic acid groups (broad SMARTS) is 3. The molecule has 2 heterocycles. The number of carboxylic acids is 3. The number of unbranched alkanes of at least 4 members (excludes halogenated alkanes) is 20. The number of esters is 1. The van der Waals surface area contributed by atoms with Crippen LogP contribution < -0.4 is 0 Å². The van der Waals surface area contributed by atoms with Crippen molar-refractivity contribution >= 4 is 23.9 Å². The van der Waals surface area contributed by atoms with Gasteiger partial charge >= 0.3 is 23.9 Å². The van der Waals surface area contributed by atoms with E-state index in [1.807, 2.05) is 27.7 Å². The van der Waals surface area contributed by atoms with Crippen molar-refractivity contribution in [3.63, 3.8) is 0 Å². The fourth-order valence-electron chi connectivity index (χ4n) is 9.96. The summed E-state index contributed by atoms with van der Waals surface area (Å²) in [6.45, 7) is 15.6. The minimum Gasteiger partial charge on any atom is -0.481 e. The standard InChI is InChI=1S/C46H83NO9/c1-8-10-12-14-16-18-20-22-24-26-28-30-36(3)45(39(48)49,31-29-27-25-23-21-19-17-15-13-11-9-2)46(40(50)51,41(52)53)42(54)56-37-32-43(4,5)47(34-38-35-55-38)44(6,7)33-37/h36-38H,8-35H2,1-7H3,(H,48,49)(H,50,51)(H,52,53). The summed E-state index contributed by atoms with van der Waals surface area (Å²) >= 11 is 0. The van der Waals surface area contributed by atoms with Gasteiger partial charge in [-0.05, 0) is 46.5 Å². The van der Waals surface area contributed by atoms with Crippen LogP contribution in [0.3, 0.4) is 0 Å². The second-order valence-corrected chi connectivity index (χ2v) is 18.8. The summed E-state index contributed by atoms with van der Waals surface area (Å²) in [5.41, 5.74) is -6.68. The average Bonchev–Trinajstić information content (AvgIpc) is 3.94. The van der Waals surface area contributed by atoms with Gasteiger partial charge in [-0.25, -0.2) is 0 Å². The molecule has 3 N–H and O–H groups in total. The smallest absolute Gasteiger partial charge is 0.336 e. The maximum atomic E-state index is 14.5.